The number of allylic oxidation sites excluding steroid dienone is 2. The Balaban J connectivity index is 1.33. The molecule has 0 atom stereocenters. The summed E-state index contributed by atoms with van der Waals surface area (Å²) >= 11 is 0. The van der Waals surface area contributed by atoms with E-state index < -0.39 is 0 Å². The number of hydrogen-bond acceptors (Lipinski definition) is 7. The number of nitrogens with zero attached hydrogens (tertiary/aromatic N) is 3. The van der Waals surface area contributed by atoms with Gasteiger partial charge >= 0.3 is 0 Å². The number of aliphatic imine (C=N–C) groups is 1. The minimum absolute atomic E-state index is 0.255. The number of fused-ring (bicyclic) bond motifs is 3. The normalized spacial score (nSPS) is 20.6. The van der Waals surface area contributed by atoms with Crippen molar-refractivity contribution in [3.63, 3.8) is 0 Å². The summed E-state index contributed by atoms with van der Waals surface area (Å²) in [4.78, 5) is 5.01. The molecule has 5 aliphatic rings. The van der Waals surface area contributed by atoms with E-state index in [1.165, 1.54) is 12.8 Å². The molecule has 7 nitrogen and oxygen atoms in total. The number of hydrazone groups is 1. The monoisotopic (exact) mass is 413 g/mol. The van der Waals surface area contributed by atoms with Gasteiger partial charge < -0.3 is 18.9 Å². The van der Waals surface area contributed by atoms with Crippen LogP contribution in [0.4, 0.5) is 0 Å². The topological polar surface area (TPSA) is 64.9 Å². The van der Waals surface area contributed by atoms with E-state index in [4.69, 9.17) is 29.0 Å². The van der Waals surface area contributed by atoms with Gasteiger partial charge in [0.05, 0.1) is 5.71 Å². The smallest absolute Gasteiger partial charge is 0.231 e. The average molecular weight is 413 g/mol. The lowest BCUT2D eigenvalue weighted by Crippen LogP contribution is -2.24. The van der Waals surface area contributed by atoms with Crippen LogP contribution < -0.4 is 18.9 Å². The van der Waals surface area contributed by atoms with Gasteiger partial charge in [-0.25, -0.2) is 10.0 Å². The molecule has 0 unspecified atom stereocenters. The second-order valence-corrected chi connectivity index (χ2v) is 8.13. The fraction of sp³-hybridized carbons (Fsp3) is 0.250. The van der Waals surface area contributed by atoms with E-state index in [0.717, 1.165) is 56.9 Å². The van der Waals surface area contributed by atoms with Crippen molar-refractivity contribution in [1.29, 1.82) is 0 Å². The maximum Gasteiger partial charge on any atom is 0.231 e. The molecule has 0 amide bonds. The van der Waals surface area contributed by atoms with Crippen molar-refractivity contribution in [1.82, 2.24) is 5.01 Å². The van der Waals surface area contributed by atoms with Crippen LogP contribution in [-0.4, -0.2) is 30.0 Å². The van der Waals surface area contributed by atoms with E-state index >= 15 is 0 Å². The van der Waals surface area contributed by atoms with Crippen LogP contribution in [0.1, 0.15) is 30.4 Å². The van der Waals surface area contributed by atoms with Gasteiger partial charge in [0.2, 0.25) is 13.6 Å². The molecule has 7 rings (SSSR count). The van der Waals surface area contributed by atoms with Gasteiger partial charge in [-0.3, -0.25) is 0 Å². The lowest BCUT2D eigenvalue weighted by Gasteiger charge is -2.29. The number of ether oxygens (including phenoxy) is 4. The van der Waals surface area contributed by atoms with E-state index in [9.17, 15) is 0 Å². The predicted octanol–water partition coefficient (Wildman–Crippen LogP) is 4.30. The molecule has 0 bridgehead atoms. The van der Waals surface area contributed by atoms with Crippen molar-refractivity contribution in [3.8, 4) is 23.0 Å². The zero-order chi connectivity index (χ0) is 20.4. The summed E-state index contributed by atoms with van der Waals surface area (Å²) in [6, 6.07) is 12.0. The summed E-state index contributed by atoms with van der Waals surface area (Å²) in [6.45, 7) is 0.513. The Hall–Kier alpha value is -3.74. The Bertz CT molecular complexity index is 1240. The van der Waals surface area contributed by atoms with Gasteiger partial charge in [-0.05, 0) is 54.8 Å². The van der Waals surface area contributed by atoms with Crippen molar-refractivity contribution in [2.45, 2.75) is 19.3 Å². The number of benzene rings is 2. The molecular formula is C24H19N3O4. The van der Waals surface area contributed by atoms with Gasteiger partial charge in [-0.15, -0.1) is 0 Å². The molecule has 7 heteroatoms. The highest BCUT2D eigenvalue weighted by atomic mass is 16.7. The third-order valence-corrected chi connectivity index (χ3v) is 6.10. The maximum atomic E-state index is 5.63. The summed E-state index contributed by atoms with van der Waals surface area (Å²) in [6.07, 6.45) is 7.18. The SMILES string of the molecule is C1=CN2N=C(c3ccc4c(c3)OCO4)CC(c3ccc4c(c3)OCO4)=C2N=C1C1CC1. The number of hydrogen-bond donors (Lipinski definition) is 0. The fourth-order valence-corrected chi connectivity index (χ4v) is 4.28. The first-order valence-electron chi connectivity index (χ1n) is 10.5. The summed E-state index contributed by atoms with van der Waals surface area (Å²) in [5, 5.41) is 6.79. The standard InChI is InChI=1S/C24H19N3O4/c1-2-14(1)18-7-8-27-24(25-18)17(15-3-5-20-22(9-15)30-12-28-20)11-19(26-27)16-4-6-21-23(10-16)31-13-29-21/h3-10,14H,1-2,11-13H2. The molecule has 31 heavy (non-hydrogen) atoms. The molecule has 0 saturated heterocycles. The Morgan fingerprint density at radius 3 is 2.23 bits per heavy atom. The second kappa shape index (κ2) is 6.38. The first-order chi connectivity index (χ1) is 15.3. The minimum Gasteiger partial charge on any atom is -0.454 e. The summed E-state index contributed by atoms with van der Waals surface area (Å²) in [5.74, 6) is 4.52. The van der Waals surface area contributed by atoms with Crippen molar-refractivity contribution in [3.05, 3.63) is 65.6 Å². The van der Waals surface area contributed by atoms with Gasteiger partial charge in [0, 0.05) is 35.4 Å². The zero-order valence-electron chi connectivity index (χ0n) is 16.7. The van der Waals surface area contributed by atoms with Gasteiger partial charge in [0.1, 0.15) is 0 Å². The van der Waals surface area contributed by atoms with Crippen LogP contribution in [0.2, 0.25) is 0 Å². The Morgan fingerprint density at radius 1 is 0.806 bits per heavy atom. The first-order valence-corrected chi connectivity index (χ1v) is 10.5. The largest absolute Gasteiger partial charge is 0.454 e. The van der Waals surface area contributed by atoms with Crippen LogP contribution in [0.15, 0.2) is 64.6 Å². The van der Waals surface area contributed by atoms with Crippen molar-refractivity contribution in [2.75, 3.05) is 13.6 Å². The van der Waals surface area contributed by atoms with E-state index in [2.05, 4.69) is 12.1 Å². The average Bonchev–Trinajstić information content (AvgIpc) is 3.37. The van der Waals surface area contributed by atoms with Crippen molar-refractivity contribution in [2.24, 2.45) is 16.0 Å². The van der Waals surface area contributed by atoms with E-state index in [1.54, 1.807) is 0 Å². The van der Waals surface area contributed by atoms with E-state index in [-0.39, 0.29) is 13.6 Å². The molecule has 1 saturated carbocycles. The van der Waals surface area contributed by atoms with Crippen LogP contribution in [-0.2, 0) is 0 Å². The Labute approximate surface area is 178 Å². The maximum absolute atomic E-state index is 5.63. The Morgan fingerprint density at radius 2 is 1.48 bits per heavy atom. The quantitative estimate of drug-likeness (QED) is 0.751. The van der Waals surface area contributed by atoms with Gasteiger partial charge in [-0.2, -0.15) is 5.10 Å². The molecule has 0 N–H and O–H groups in total. The molecule has 1 fully saturated rings. The zero-order valence-corrected chi connectivity index (χ0v) is 16.7. The van der Waals surface area contributed by atoms with Crippen molar-refractivity contribution < 1.29 is 18.9 Å². The first kappa shape index (κ1) is 17.0. The van der Waals surface area contributed by atoms with Crippen LogP contribution in [0.5, 0.6) is 23.0 Å². The highest BCUT2D eigenvalue weighted by molar-refractivity contribution is 6.09. The molecule has 2 aromatic rings. The molecule has 4 heterocycles. The summed E-state index contributed by atoms with van der Waals surface area (Å²) in [5.41, 5.74) is 5.28. The van der Waals surface area contributed by atoms with Crippen LogP contribution in [0.3, 0.4) is 0 Å². The lowest BCUT2D eigenvalue weighted by atomic mass is 9.94. The molecule has 0 radical (unpaired) electrons. The van der Waals surface area contributed by atoms with E-state index in [1.807, 2.05) is 41.5 Å². The molecule has 154 valence electrons. The molecule has 2 aromatic carbocycles. The molecule has 0 spiro atoms. The summed E-state index contributed by atoms with van der Waals surface area (Å²) < 4.78 is 22.2. The number of rotatable bonds is 3. The fourth-order valence-electron chi connectivity index (χ4n) is 4.28. The van der Waals surface area contributed by atoms with Crippen LogP contribution in [0.25, 0.3) is 5.57 Å². The highest BCUT2D eigenvalue weighted by Gasteiger charge is 2.32. The molecule has 0 aromatic heterocycles. The van der Waals surface area contributed by atoms with Crippen molar-refractivity contribution >= 4 is 17.0 Å². The summed E-state index contributed by atoms with van der Waals surface area (Å²) in [7, 11) is 0. The lowest BCUT2D eigenvalue weighted by molar-refractivity contribution is 0.173. The van der Waals surface area contributed by atoms with Crippen LogP contribution >= 0.6 is 0 Å². The third-order valence-electron chi connectivity index (χ3n) is 6.10. The minimum atomic E-state index is 0.255. The Kier molecular flexibility index (Phi) is 3.50. The molecule has 1 aliphatic carbocycles. The van der Waals surface area contributed by atoms with Gasteiger partial charge in [0.25, 0.3) is 0 Å². The highest BCUT2D eigenvalue weighted by Crippen LogP contribution is 2.42. The van der Waals surface area contributed by atoms with Gasteiger partial charge in [-0.1, -0.05) is 6.07 Å². The van der Waals surface area contributed by atoms with Crippen LogP contribution in [0, 0.1) is 5.92 Å². The van der Waals surface area contributed by atoms with Gasteiger partial charge in [0.15, 0.2) is 28.8 Å². The molecular weight excluding hydrogens is 394 g/mol. The molecule has 4 aliphatic heterocycles. The third kappa shape index (κ3) is 2.80. The second-order valence-electron chi connectivity index (χ2n) is 8.13. The van der Waals surface area contributed by atoms with E-state index in [0.29, 0.717) is 12.3 Å². The predicted molar refractivity (Wildman–Crippen MR) is 114 cm³/mol.